The van der Waals surface area contributed by atoms with Gasteiger partial charge in [-0.3, -0.25) is 9.69 Å². The second-order valence-corrected chi connectivity index (χ2v) is 7.89. The second-order valence-electron chi connectivity index (χ2n) is 7.89. The van der Waals surface area contributed by atoms with Gasteiger partial charge in [-0.25, -0.2) is 13.6 Å². The third-order valence-electron chi connectivity index (χ3n) is 5.40. The van der Waals surface area contributed by atoms with Gasteiger partial charge in [-0.2, -0.15) is 0 Å². The number of morpholine rings is 1. The van der Waals surface area contributed by atoms with Gasteiger partial charge in [-0.15, -0.1) is 0 Å². The predicted octanol–water partition coefficient (Wildman–Crippen LogP) is 0.999. The van der Waals surface area contributed by atoms with Crippen molar-refractivity contribution in [3.8, 4) is 0 Å². The molecule has 0 radical (unpaired) electrons. The summed E-state index contributed by atoms with van der Waals surface area (Å²) in [5.41, 5.74) is -0.308. The monoisotopic (exact) mass is 468 g/mol. The number of ether oxygens (including phenoxy) is 2. The Bertz CT molecular complexity index is 835. The highest BCUT2D eigenvalue weighted by atomic mass is 19.1. The molecule has 0 aromatic heterocycles. The maximum absolute atomic E-state index is 13.7. The summed E-state index contributed by atoms with van der Waals surface area (Å²) in [6.07, 6.45) is 2.81. The van der Waals surface area contributed by atoms with E-state index in [1.54, 1.807) is 12.2 Å². The van der Waals surface area contributed by atoms with Crippen molar-refractivity contribution in [2.75, 3.05) is 51.3 Å². The Kier molecular flexibility index (Phi) is 9.55. The standard InChI is InChI=1S/C22H30F2N4O5/c23-15-2-4-17(24)19(12-15)27-22(31)26-18-5-3-16(33-20(18)14-29)13-21(30)25-6-1-7-28-8-10-32-11-9-28/h2-5,12,16,18,20,29H,1,6-11,13-14H2,(H,25,30)(H2,26,27,31)/t16-,18-,20+/m0/s1. The summed E-state index contributed by atoms with van der Waals surface area (Å²) in [5.74, 6) is -1.64. The molecule has 2 aliphatic heterocycles. The fourth-order valence-corrected chi connectivity index (χ4v) is 3.65. The van der Waals surface area contributed by atoms with Crippen molar-refractivity contribution >= 4 is 17.6 Å². The minimum absolute atomic E-state index is 0.0813. The fraction of sp³-hybridized carbons (Fsp3) is 0.545. The van der Waals surface area contributed by atoms with Crippen molar-refractivity contribution in [2.45, 2.75) is 31.1 Å². The molecule has 3 rings (SSSR count). The normalized spacial score (nSPS) is 23.2. The van der Waals surface area contributed by atoms with Gasteiger partial charge in [-0.05, 0) is 25.1 Å². The highest BCUT2D eigenvalue weighted by molar-refractivity contribution is 5.89. The number of amides is 3. The number of nitrogens with one attached hydrogen (secondary N) is 3. The number of urea groups is 1. The first kappa shape index (κ1) is 25.0. The van der Waals surface area contributed by atoms with Crippen LogP contribution in [0.3, 0.4) is 0 Å². The number of hydrogen-bond donors (Lipinski definition) is 4. The van der Waals surface area contributed by atoms with Crippen molar-refractivity contribution in [3.63, 3.8) is 0 Å². The molecule has 2 aliphatic rings. The van der Waals surface area contributed by atoms with Crippen LogP contribution in [0.1, 0.15) is 12.8 Å². The Balaban J connectivity index is 1.41. The molecule has 33 heavy (non-hydrogen) atoms. The number of benzene rings is 1. The maximum atomic E-state index is 13.7. The smallest absolute Gasteiger partial charge is 0.319 e. The van der Waals surface area contributed by atoms with Gasteiger partial charge in [0.2, 0.25) is 5.91 Å². The lowest BCUT2D eigenvalue weighted by atomic mass is 10.0. The number of aliphatic hydroxyl groups excluding tert-OH is 1. The van der Waals surface area contributed by atoms with E-state index in [0.717, 1.165) is 57.5 Å². The Morgan fingerprint density at radius 2 is 1.97 bits per heavy atom. The molecule has 3 atom stereocenters. The molecule has 0 bridgehead atoms. The first-order valence-electron chi connectivity index (χ1n) is 11.0. The molecule has 11 heteroatoms. The highest BCUT2D eigenvalue weighted by Gasteiger charge is 2.29. The van der Waals surface area contributed by atoms with E-state index < -0.39 is 42.5 Å². The molecular formula is C22H30F2N4O5. The second kappa shape index (κ2) is 12.6. The minimum atomic E-state index is -0.794. The Morgan fingerprint density at radius 1 is 1.18 bits per heavy atom. The van der Waals surface area contributed by atoms with Crippen LogP contribution in [0.25, 0.3) is 0 Å². The zero-order chi connectivity index (χ0) is 23.6. The number of rotatable bonds is 9. The SMILES string of the molecule is O=C(C[C@@H]1C=C[C@H](NC(=O)Nc2cc(F)ccc2F)[C@@H](CO)O1)NCCCN1CCOCC1. The molecule has 1 saturated heterocycles. The van der Waals surface area contributed by atoms with Crippen molar-refractivity contribution in [2.24, 2.45) is 0 Å². The summed E-state index contributed by atoms with van der Waals surface area (Å²) in [7, 11) is 0. The van der Waals surface area contributed by atoms with Crippen LogP contribution in [0.15, 0.2) is 30.4 Å². The molecule has 0 aliphatic carbocycles. The van der Waals surface area contributed by atoms with Crippen LogP contribution < -0.4 is 16.0 Å². The predicted molar refractivity (Wildman–Crippen MR) is 117 cm³/mol. The van der Waals surface area contributed by atoms with Gasteiger partial charge in [0.15, 0.2) is 0 Å². The summed E-state index contributed by atoms with van der Waals surface area (Å²) in [6.45, 7) is 4.33. The first-order valence-corrected chi connectivity index (χ1v) is 11.0. The fourth-order valence-electron chi connectivity index (χ4n) is 3.65. The molecule has 0 saturated carbocycles. The molecule has 1 aromatic rings. The van der Waals surface area contributed by atoms with Gasteiger partial charge in [-0.1, -0.05) is 12.2 Å². The van der Waals surface area contributed by atoms with Gasteiger partial charge >= 0.3 is 6.03 Å². The van der Waals surface area contributed by atoms with E-state index in [-0.39, 0.29) is 18.0 Å². The van der Waals surface area contributed by atoms with E-state index in [4.69, 9.17) is 9.47 Å². The highest BCUT2D eigenvalue weighted by Crippen LogP contribution is 2.18. The van der Waals surface area contributed by atoms with Crippen LogP contribution in [0.4, 0.5) is 19.3 Å². The molecular weight excluding hydrogens is 438 g/mol. The minimum Gasteiger partial charge on any atom is -0.394 e. The summed E-state index contributed by atoms with van der Waals surface area (Å²) in [5, 5.41) is 17.3. The topological polar surface area (TPSA) is 112 Å². The third-order valence-corrected chi connectivity index (χ3v) is 5.40. The van der Waals surface area contributed by atoms with Gasteiger partial charge in [0.1, 0.15) is 17.7 Å². The van der Waals surface area contributed by atoms with Crippen molar-refractivity contribution in [1.82, 2.24) is 15.5 Å². The van der Waals surface area contributed by atoms with E-state index in [1.807, 2.05) is 0 Å². The zero-order valence-corrected chi connectivity index (χ0v) is 18.3. The Labute approximate surface area is 191 Å². The van der Waals surface area contributed by atoms with Gasteiger partial charge < -0.3 is 30.5 Å². The Morgan fingerprint density at radius 3 is 2.73 bits per heavy atom. The quantitative estimate of drug-likeness (QED) is 0.318. The van der Waals surface area contributed by atoms with E-state index in [2.05, 4.69) is 20.9 Å². The third kappa shape index (κ3) is 8.04. The number of anilines is 1. The summed E-state index contributed by atoms with van der Waals surface area (Å²) >= 11 is 0. The van der Waals surface area contributed by atoms with Crippen molar-refractivity contribution in [3.05, 3.63) is 42.0 Å². The number of halogens is 2. The largest absolute Gasteiger partial charge is 0.394 e. The molecule has 182 valence electrons. The summed E-state index contributed by atoms with van der Waals surface area (Å²) < 4.78 is 38.0. The van der Waals surface area contributed by atoms with Crippen LogP contribution in [-0.2, 0) is 14.3 Å². The maximum Gasteiger partial charge on any atom is 0.319 e. The van der Waals surface area contributed by atoms with Crippen LogP contribution >= 0.6 is 0 Å². The number of carbonyl (C=O) groups is 2. The molecule has 3 amide bonds. The average Bonchev–Trinajstić information content (AvgIpc) is 2.81. The van der Waals surface area contributed by atoms with Crippen LogP contribution in [0.2, 0.25) is 0 Å². The lowest BCUT2D eigenvalue weighted by Gasteiger charge is -2.31. The molecule has 9 nitrogen and oxygen atoms in total. The van der Waals surface area contributed by atoms with Crippen LogP contribution in [0, 0.1) is 11.6 Å². The van der Waals surface area contributed by atoms with Crippen molar-refractivity contribution < 1.29 is 33.0 Å². The summed E-state index contributed by atoms with van der Waals surface area (Å²) in [6, 6.07) is 1.22. The molecule has 0 spiro atoms. The average molecular weight is 469 g/mol. The number of carbonyl (C=O) groups excluding carboxylic acids is 2. The van der Waals surface area contributed by atoms with E-state index >= 15 is 0 Å². The lowest BCUT2D eigenvalue weighted by Crippen LogP contribution is -2.50. The van der Waals surface area contributed by atoms with E-state index in [9.17, 15) is 23.5 Å². The van der Waals surface area contributed by atoms with Gasteiger partial charge in [0, 0.05) is 25.7 Å². The van der Waals surface area contributed by atoms with E-state index in [1.165, 1.54) is 0 Å². The summed E-state index contributed by atoms with van der Waals surface area (Å²) in [4.78, 5) is 26.7. The molecule has 1 aromatic carbocycles. The molecule has 4 N–H and O–H groups in total. The van der Waals surface area contributed by atoms with E-state index in [0.29, 0.717) is 6.54 Å². The zero-order valence-electron chi connectivity index (χ0n) is 18.3. The molecule has 1 fully saturated rings. The number of nitrogens with zero attached hydrogens (tertiary/aromatic N) is 1. The number of hydrogen-bond acceptors (Lipinski definition) is 6. The lowest BCUT2D eigenvalue weighted by molar-refractivity contribution is -0.125. The van der Waals surface area contributed by atoms with Crippen molar-refractivity contribution in [1.29, 1.82) is 0 Å². The molecule has 0 unspecified atom stereocenters. The van der Waals surface area contributed by atoms with Gasteiger partial charge in [0.25, 0.3) is 0 Å². The van der Waals surface area contributed by atoms with Gasteiger partial charge in [0.05, 0.1) is 44.1 Å². The number of aliphatic hydroxyl groups is 1. The molecule has 2 heterocycles. The first-order chi connectivity index (χ1) is 15.9. The Hall–Kier alpha value is -2.60. The van der Waals surface area contributed by atoms with Crippen LogP contribution in [0.5, 0.6) is 0 Å². The van der Waals surface area contributed by atoms with Crippen LogP contribution in [-0.4, -0.2) is 86.2 Å².